The number of amides is 4. The van der Waals surface area contributed by atoms with Gasteiger partial charge in [-0.1, -0.05) is 13.8 Å². The van der Waals surface area contributed by atoms with Gasteiger partial charge >= 0.3 is 6.03 Å². The summed E-state index contributed by atoms with van der Waals surface area (Å²) in [6, 6.07) is -0.628. The highest BCUT2D eigenvalue weighted by Gasteiger charge is 2.41. The highest BCUT2D eigenvalue weighted by Crippen LogP contribution is 2.23. The molecule has 2 aliphatic rings. The smallest absolute Gasteiger partial charge is 0.325 e. The number of nitrogens with zero attached hydrogens (tertiary/aromatic N) is 2. The van der Waals surface area contributed by atoms with E-state index < -0.39 is 12.1 Å². The summed E-state index contributed by atoms with van der Waals surface area (Å²) in [5.41, 5.74) is 0. The maximum Gasteiger partial charge on any atom is 0.325 e. The van der Waals surface area contributed by atoms with Crippen LogP contribution in [0, 0.1) is 5.92 Å². The molecule has 0 aromatic carbocycles. The van der Waals surface area contributed by atoms with Crippen LogP contribution in [0.3, 0.4) is 0 Å². The van der Waals surface area contributed by atoms with E-state index in [9.17, 15) is 14.4 Å². The zero-order valence-electron chi connectivity index (χ0n) is 13.3. The monoisotopic (exact) mass is 295 g/mol. The molecule has 0 aliphatic carbocycles. The Hall–Kier alpha value is -1.59. The predicted molar refractivity (Wildman–Crippen MR) is 78.5 cm³/mol. The van der Waals surface area contributed by atoms with Crippen molar-refractivity contribution in [2.75, 3.05) is 6.54 Å². The van der Waals surface area contributed by atoms with E-state index in [4.69, 9.17) is 0 Å². The minimum atomic E-state index is -0.512. The van der Waals surface area contributed by atoms with Gasteiger partial charge in [-0.25, -0.2) is 4.79 Å². The summed E-state index contributed by atoms with van der Waals surface area (Å²) in [5.74, 6) is -0.405. The van der Waals surface area contributed by atoms with Crippen LogP contribution in [0.1, 0.15) is 47.0 Å². The number of likely N-dealkylation sites (tertiary alicyclic amines) is 1. The van der Waals surface area contributed by atoms with Crippen LogP contribution < -0.4 is 5.32 Å². The Kier molecular flexibility index (Phi) is 4.54. The minimum absolute atomic E-state index is 0.0226. The van der Waals surface area contributed by atoms with Crippen LogP contribution in [0.15, 0.2) is 0 Å². The number of imide groups is 1. The number of urea groups is 1. The molecule has 6 heteroatoms. The average Bonchev–Trinajstić information content (AvgIpc) is 2.66. The third-order valence-electron chi connectivity index (χ3n) is 4.50. The summed E-state index contributed by atoms with van der Waals surface area (Å²) in [7, 11) is 0. The Morgan fingerprint density at radius 3 is 2.29 bits per heavy atom. The number of hydrogen-bond acceptors (Lipinski definition) is 3. The molecule has 0 saturated carbocycles. The average molecular weight is 295 g/mol. The first kappa shape index (κ1) is 15.8. The fourth-order valence-electron chi connectivity index (χ4n) is 3.27. The Morgan fingerprint density at radius 1 is 1.24 bits per heavy atom. The molecular formula is C15H25N3O3. The first-order chi connectivity index (χ1) is 9.82. The molecule has 2 aliphatic heterocycles. The van der Waals surface area contributed by atoms with Crippen LogP contribution >= 0.6 is 0 Å². The van der Waals surface area contributed by atoms with Gasteiger partial charge in [0.25, 0.3) is 5.91 Å². The van der Waals surface area contributed by atoms with Gasteiger partial charge in [-0.3, -0.25) is 14.5 Å². The van der Waals surface area contributed by atoms with Crippen molar-refractivity contribution in [3.05, 3.63) is 0 Å². The lowest BCUT2D eigenvalue weighted by molar-refractivity contribution is -0.142. The van der Waals surface area contributed by atoms with Gasteiger partial charge in [0.2, 0.25) is 5.91 Å². The first-order valence-electron chi connectivity index (χ1n) is 7.76. The van der Waals surface area contributed by atoms with Gasteiger partial charge in [-0.2, -0.15) is 0 Å². The molecule has 0 bridgehead atoms. The van der Waals surface area contributed by atoms with Gasteiger partial charge in [0, 0.05) is 12.1 Å². The van der Waals surface area contributed by atoms with Crippen LogP contribution in [0.2, 0.25) is 0 Å². The lowest BCUT2D eigenvalue weighted by Gasteiger charge is -2.39. The van der Waals surface area contributed by atoms with E-state index in [-0.39, 0.29) is 36.4 Å². The summed E-state index contributed by atoms with van der Waals surface area (Å²) >= 11 is 0. The zero-order valence-corrected chi connectivity index (χ0v) is 13.3. The van der Waals surface area contributed by atoms with Crippen molar-refractivity contribution in [1.29, 1.82) is 0 Å². The Balaban J connectivity index is 2.05. The maximum absolute atomic E-state index is 12.5. The molecule has 0 aromatic heterocycles. The minimum Gasteiger partial charge on any atom is -0.336 e. The molecule has 0 spiro atoms. The molecule has 1 N–H and O–H groups in total. The van der Waals surface area contributed by atoms with E-state index >= 15 is 0 Å². The molecule has 0 aromatic rings. The second kappa shape index (κ2) is 6.03. The van der Waals surface area contributed by atoms with Crippen LogP contribution in [-0.2, 0) is 9.59 Å². The van der Waals surface area contributed by atoms with Gasteiger partial charge in [0.05, 0.1) is 0 Å². The van der Waals surface area contributed by atoms with Gasteiger partial charge in [-0.05, 0) is 39.0 Å². The van der Waals surface area contributed by atoms with E-state index in [1.54, 1.807) is 0 Å². The van der Waals surface area contributed by atoms with Gasteiger partial charge in [0.15, 0.2) is 0 Å². The Labute approximate surface area is 125 Å². The predicted octanol–water partition coefficient (Wildman–Crippen LogP) is 1.35. The molecule has 3 unspecified atom stereocenters. The molecule has 2 saturated heterocycles. The summed E-state index contributed by atoms with van der Waals surface area (Å²) in [6.07, 6.45) is 3.07. The van der Waals surface area contributed by atoms with Crippen LogP contribution in [0.25, 0.3) is 0 Å². The summed E-state index contributed by atoms with van der Waals surface area (Å²) < 4.78 is 0. The lowest BCUT2D eigenvalue weighted by atomic mass is 9.97. The fourth-order valence-corrected chi connectivity index (χ4v) is 3.27. The molecule has 2 heterocycles. The van der Waals surface area contributed by atoms with E-state index in [1.165, 1.54) is 0 Å². The fraction of sp³-hybridized carbons (Fsp3) is 0.800. The first-order valence-corrected chi connectivity index (χ1v) is 7.76. The van der Waals surface area contributed by atoms with Crippen molar-refractivity contribution in [2.24, 2.45) is 5.92 Å². The lowest BCUT2D eigenvalue weighted by Crippen LogP contribution is -2.52. The van der Waals surface area contributed by atoms with Crippen molar-refractivity contribution in [3.8, 4) is 0 Å². The van der Waals surface area contributed by atoms with Gasteiger partial charge in [0.1, 0.15) is 12.6 Å². The molecule has 2 rings (SSSR count). The van der Waals surface area contributed by atoms with Crippen LogP contribution in [0.5, 0.6) is 0 Å². The molecule has 0 radical (unpaired) electrons. The molecular weight excluding hydrogens is 270 g/mol. The standard InChI is InChI=1S/C15H25N3O3/c1-9(2)13-14(20)17(15(21)16-13)8-12(19)18-10(3)6-5-7-11(18)4/h9-11,13H,5-8H2,1-4H3,(H,16,21). The van der Waals surface area contributed by atoms with E-state index in [2.05, 4.69) is 5.32 Å². The second-order valence-corrected chi connectivity index (χ2v) is 6.53. The molecule has 21 heavy (non-hydrogen) atoms. The van der Waals surface area contributed by atoms with Crippen molar-refractivity contribution in [1.82, 2.24) is 15.1 Å². The van der Waals surface area contributed by atoms with Crippen molar-refractivity contribution < 1.29 is 14.4 Å². The largest absolute Gasteiger partial charge is 0.336 e. The summed E-state index contributed by atoms with van der Waals surface area (Å²) in [6.45, 7) is 7.65. The van der Waals surface area contributed by atoms with Crippen LogP contribution in [0.4, 0.5) is 4.79 Å². The second-order valence-electron chi connectivity index (χ2n) is 6.53. The quantitative estimate of drug-likeness (QED) is 0.799. The van der Waals surface area contributed by atoms with Crippen molar-refractivity contribution in [3.63, 3.8) is 0 Å². The number of nitrogens with one attached hydrogen (secondary N) is 1. The van der Waals surface area contributed by atoms with Crippen molar-refractivity contribution >= 4 is 17.8 Å². The Morgan fingerprint density at radius 2 is 1.81 bits per heavy atom. The third kappa shape index (κ3) is 3.04. The normalized spacial score (nSPS) is 30.0. The van der Waals surface area contributed by atoms with E-state index in [0.29, 0.717) is 0 Å². The Bertz CT molecular complexity index is 439. The summed E-state index contributed by atoms with van der Waals surface area (Å²) in [4.78, 5) is 39.5. The number of piperidine rings is 1. The number of rotatable bonds is 3. The van der Waals surface area contributed by atoms with Gasteiger partial charge < -0.3 is 10.2 Å². The number of carbonyl (C=O) groups excluding carboxylic acids is 3. The van der Waals surface area contributed by atoms with Gasteiger partial charge in [-0.15, -0.1) is 0 Å². The molecule has 4 amide bonds. The molecule has 6 nitrogen and oxygen atoms in total. The van der Waals surface area contributed by atoms with Crippen molar-refractivity contribution in [2.45, 2.75) is 65.1 Å². The molecule has 118 valence electrons. The maximum atomic E-state index is 12.5. The highest BCUT2D eigenvalue weighted by molar-refractivity contribution is 6.06. The van der Waals surface area contributed by atoms with Crippen LogP contribution in [-0.4, -0.2) is 52.3 Å². The molecule has 2 fully saturated rings. The summed E-state index contributed by atoms with van der Waals surface area (Å²) in [5, 5.41) is 2.65. The number of hydrogen-bond donors (Lipinski definition) is 1. The third-order valence-corrected chi connectivity index (χ3v) is 4.50. The SMILES string of the molecule is CC(C)C1NC(=O)N(CC(=O)N2C(C)CCCC2C)C1=O. The molecule has 3 atom stereocenters. The van der Waals surface area contributed by atoms with E-state index in [1.807, 2.05) is 32.6 Å². The topological polar surface area (TPSA) is 69.7 Å². The zero-order chi connectivity index (χ0) is 15.7. The highest BCUT2D eigenvalue weighted by atomic mass is 16.2. The van der Waals surface area contributed by atoms with E-state index in [0.717, 1.165) is 24.2 Å². The number of carbonyl (C=O) groups is 3.